The maximum absolute atomic E-state index is 12.9. The predicted octanol–water partition coefficient (Wildman–Crippen LogP) is 1.19. The van der Waals surface area contributed by atoms with Crippen LogP contribution in [-0.4, -0.2) is 52.2 Å². The summed E-state index contributed by atoms with van der Waals surface area (Å²) < 4.78 is 0. The number of nitrogens with one attached hydrogen (secondary N) is 2. The van der Waals surface area contributed by atoms with Gasteiger partial charge in [-0.2, -0.15) is 0 Å². The molecule has 2 aliphatic heterocycles. The molecule has 2 heterocycles. The Morgan fingerprint density at radius 1 is 1.04 bits per heavy atom. The van der Waals surface area contributed by atoms with Crippen molar-refractivity contribution in [1.29, 1.82) is 0 Å². The van der Waals surface area contributed by atoms with Crippen LogP contribution >= 0.6 is 23.5 Å². The first-order valence-corrected chi connectivity index (χ1v) is 11.1. The van der Waals surface area contributed by atoms with Crippen molar-refractivity contribution >= 4 is 41.4 Å². The van der Waals surface area contributed by atoms with Crippen molar-refractivity contribution in [1.82, 2.24) is 10.6 Å². The number of hydrogen-bond donors (Lipinski definition) is 2. The van der Waals surface area contributed by atoms with Crippen LogP contribution in [0.25, 0.3) is 0 Å². The van der Waals surface area contributed by atoms with Crippen molar-refractivity contribution in [3.63, 3.8) is 0 Å². The molecule has 26 heavy (non-hydrogen) atoms. The lowest BCUT2D eigenvalue weighted by molar-refractivity contribution is -0.126. The molecule has 2 unspecified atom stereocenters. The van der Waals surface area contributed by atoms with Crippen LogP contribution in [0.1, 0.15) is 17.5 Å². The third kappa shape index (κ3) is 3.50. The van der Waals surface area contributed by atoms with Gasteiger partial charge in [0.05, 0.1) is 22.6 Å². The van der Waals surface area contributed by atoms with E-state index in [9.17, 15) is 14.4 Å². The highest BCUT2D eigenvalue weighted by Crippen LogP contribution is 2.33. The maximum atomic E-state index is 12.9. The van der Waals surface area contributed by atoms with Gasteiger partial charge in [0.2, 0.25) is 0 Å². The molecule has 1 aliphatic carbocycles. The molecule has 5 nitrogen and oxygen atoms in total. The van der Waals surface area contributed by atoms with Gasteiger partial charge in [0, 0.05) is 18.2 Å². The minimum atomic E-state index is -0.476. The van der Waals surface area contributed by atoms with E-state index in [2.05, 4.69) is 22.8 Å². The number of carbonyl (C=O) groups is 3. The van der Waals surface area contributed by atoms with Crippen molar-refractivity contribution in [2.45, 2.75) is 41.8 Å². The number of hydrogen-bond acceptors (Lipinski definition) is 7. The van der Waals surface area contributed by atoms with Gasteiger partial charge in [-0.25, -0.2) is 0 Å². The zero-order chi connectivity index (χ0) is 18.1. The molecule has 0 radical (unpaired) electrons. The van der Waals surface area contributed by atoms with Crippen LogP contribution in [0.2, 0.25) is 0 Å². The first-order valence-electron chi connectivity index (χ1n) is 8.96. The number of rotatable bonds is 6. The largest absolute Gasteiger partial charge is 0.302 e. The van der Waals surface area contributed by atoms with Gasteiger partial charge < -0.3 is 4.79 Å². The summed E-state index contributed by atoms with van der Waals surface area (Å²) in [5, 5.41) is 5.49. The van der Waals surface area contributed by atoms with E-state index >= 15 is 0 Å². The molecule has 0 aromatic heterocycles. The molecular weight excluding hydrogens is 368 g/mol. The fourth-order valence-electron chi connectivity index (χ4n) is 4.15. The lowest BCUT2D eigenvalue weighted by Gasteiger charge is -2.22. The minimum Gasteiger partial charge on any atom is -0.302 e. The topological polar surface area (TPSA) is 75.3 Å². The Morgan fingerprint density at radius 2 is 1.69 bits per heavy atom. The standard InChI is InChI=1S/C19H22N2O3S2/c22-8-14-18(25-9-20-14)17(24)16-19(26-10-21-16)15(23)7-11-5-12-3-1-2-4-13(12)6-11/h1-4,8,11,14,16,18-21H,5-7,9-10H2/t14-,16-,18?,19?/m1/s1. The number of Topliss-reactive ketones (excluding diaryl/α,β-unsaturated/α-hetero) is 2. The summed E-state index contributed by atoms with van der Waals surface area (Å²) in [5.41, 5.74) is 2.69. The van der Waals surface area contributed by atoms with Gasteiger partial charge in [0.25, 0.3) is 0 Å². The highest BCUT2D eigenvalue weighted by Gasteiger charge is 2.44. The number of thioether (sulfide) groups is 2. The van der Waals surface area contributed by atoms with Gasteiger partial charge in [-0.15, -0.1) is 23.5 Å². The van der Waals surface area contributed by atoms with E-state index in [1.165, 1.54) is 34.7 Å². The van der Waals surface area contributed by atoms with Crippen LogP contribution < -0.4 is 10.6 Å². The van der Waals surface area contributed by atoms with Crippen LogP contribution in [0.4, 0.5) is 0 Å². The number of benzene rings is 1. The summed E-state index contributed by atoms with van der Waals surface area (Å²) in [6.07, 6.45) is 3.21. The molecule has 7 heteroatoms. The second-order valence-electron chi connectivity index (χ2n) is 7.13. The van der Waals surface area contributed by atoms with Gasteiger partial charge in [-0.1, -0.05) is 24.3 Å². The molecule has 2 fully saturated rings. The Morgan fingerprint density at radius 3 is 2.38 bits per heavy atom. The molecule has 4 rings (SSSR count). The molecule has 2 saturated heterocycles. The molecule has 0 saturated carbocycles. The number of aldehydes is 1. The number of ketones is 2. The van der Waals surface area contributed by atoms with Gasteiger partial charge in [-0.05, 0) is 29.9 Å². The second kappa shape index (κ2) is 7.84. The average molecular weight is 391 g/mol. The van der Waals surface area contributed by atoms with Gasteiger partial charge in [-0.3, -0.25) is 20.2 Å². The second-order valence-corrected chi connectivity index (χ2v) is 9.39. The van der Waals surface area contributed by atoms with Crippen LogP contribution in [-0.2, 0) is 27.2 Å². The summed E-state index contributed by atoms with van der Waals surface area (Å²) in [6, 6.07) is 7.45. The van der Waals surface area contributed by atoms with E-state index in [-0.39, 0.29) is 16.8 Å². The first-order chi connectivity index (χ1) is 12.7. The quantitative estimate of drug-likeness (QED) is 0.707. The highest BCUT2D eigenvalue weighted by molar-refractivity contribution is 8.01. The smallest absolute Gasteiger partial charge is 0.166 e. The van der Waals surface area contributed by atoms with Crippen molar-refractivity contribution in [3.8, 4) is 0 Å². The normalized spacial score (nSPS) is 31.1. The van der Waals surface area contributed by atoms with Crippen LogP contribution in [0.3, 0.4) is 0 Å². The van der Waals surface area contributed by atoms with Crippen molar-refractivity contribution in [2.75, 3.05) is 11.8 Å². The maximum Gasteiger partial charge on any atom is 0.166 e. The predicted molar refractivity (Wildman–Crippen MR) is 104 cm³/mol. The summed E-state index contributed by atoms with van der Waals surface area (Å²) in [4.78, 5) is 37.0. The SMILES string of the molecule is O=C[C@H]1NCSC1C(=O)[C@H]1NCSC1C(=O)CC1Cc2ccccc2C1. The molecule has 4 atom stereocenters. The lowest BCUT2D eigenvalue weighted by atomic mass is 9.93. The van der Waals surface area contributed by atoms with Crippen molar-refractivity contribution < 1.29 is 14.4 Å². The number of fused-ring (bicyclic) bond motifs is 1. The van der Waals surface area contributed by atoms with E-state index < -0.39 is 17.3 Å². The fourth-order valence-corrected chi connectivity index (χ4v) is 6.46. The third-order valence-corrected chi connectivity index (χ3v) is 7.90. The fraction of sp³-hybridized carbons (Fsp3) is 0.526. The lowest BCUT2D eigenvalue weighted by Crippen LogP contribution is -2.49. The van der Waals surface area contributed by atoms with Gasteiger partial charge in [0.15, 0.2) is 5.78 Å². The zero-order valence-electron chi connectivity index (χ0n) is 14.4. The Labute approximate surface area is 161 Å². The van der Waals surface area contributed by atoms with Gasteiger partial charge in [0.1, 0.15) is 12.1 Å². The third-order valence-electron chi connectivity index (χ3n) is 5.45. The van der Waals surface area contributed by atoms with Crippen molar-refractivity contribution in [3.05, 3.63) is 35.4 Å². The summed E-state index contributed by atoms with van der Waals surface area (Å²) >= 11 is 2.98. The molecule has 0 bridgehead atoms. The van der Waals surface area contributed by atoms with E-state index in [0.717, 1.165) is 19.1 Å². The molecule has 1 aromatic carbocycles. The van der Waals surface area contributed by atoms with E-state index in [0.29, 0.717) is 24.1 Å². The molecule has 2 N–H and O–H groups in total. The van der Waals surface area contributed by atoms with Crippen molar-refractivity contribution in [2.24, 2.45) is 5.92 Å². The van der Waals surface area contributed by atoms with Crippen LogP contribution in [0, 0.1) is 5.92 Å². The molecule has 1 aromatic rings. The van der Waals surface area contributed by atoms with Crippen LogP contribution in [0.5, 0.6) is 0 Å². The molecule has 0 spiro atoms. The monoisotopic (exact) mass is 390 g/mol. The first kappa shape index (κ1) is 18.2. The average Bonchev–Trinajstić information content (AvgIpc) is 3.38. The molecule has 138 valence electrons. The Balaban J connectivity index is 1.40. The zero-order valence-corrected chi connectivity index (χ0v) is 16.0. The van der Waals surface area contributed by atoms with Gasteiger partial charge >= 0.3 is 0 Å². The Kier molecular flexibility index (Phi) is 5.50. The van der Waals surface area contributed by atoms with Crippen LogP contribution in [0.15, 0.2) is 24.3 Å². The summed E-state index contributed by atoms with van der Waals surface area (Å²) in [6.45, 7) is 0. The van der Waals surface area contributed by atoms with E-state index in [1.54, 1.807) is 0 Å². The minimum absolute atomic E-state index is 0.0184. The summed E-state index contributed by atoms with van der Waals surface area (Å²) in [5.74, 6) is 1.68. The molecule has 3 aliphatic rings. The Bertz CT molecular complexity index is 701. The number of carbonyl (C=O) groups excluding carboxylic acids is 3. The van der Waals surface area contributed by atoms with E-state index in [1.807, 2.05) is 12.1 Å². The molecular formula is C19H22N2O3S2. The highest BCUT2D eigenvalue weighted by atomic mass is 32.2. The Hall–Kier alpha value is -1.15. The summed E-state index contributed by atoms with van der Waals surface area (Å²) in [7, 11) is 0. The molecule has 0 amide bonds. The van der Waals surface area contributed by atoms with E-state index in [4.69, 9.17) is 0 Å².